The fourth-order valence-electron chi connectivity index (χ4n) is 3.05. The van der Waals surface area contributed by atoms with Crippen molar-refractivity contribution in [3.8, 4) is 11.5 Å². The summed E-state index contributed by atoms with van der Waals surface area (Å²) in [5, 5.41) is 3.18. The van der Waals surface area contributed by atoms with Crippen molar-refractivity contribution in [1.82, 2.24) is 10.2 Å². The number of ether oxygens (including phenoxy) is 1. The third-order valence-electron chi connectivity index (χ3n) is 4.26. The van der Waals surface area contributed by atoms with Gasteiger partial charge >= 0.3 is 6.18 Å². The van der Waals surface area contributed by atoms with Crippen molar-refractivity contribution in [2.75, 3.05) is 26.2 Å². The molecule has 1 saturated heterocycles. The van der Waals surface area contributed by atoms with Crippen LogP contribution in [0.15, 0.2) is 54.6 Å². The first-order valence-corrected chi connectivity index (χ1v) is 8.36. The maximum atomic E-state index is 13.0. The van der Waals surface area contributed by atoms with Crippen molar-refractivity contribution in [2.45, 2.75) is 18.6 Å². The summed E-state index contributed by atoms with van der Waals surface area (Å²) in [4.78, 5) is 1.90. The predicted octanol–water partition coefficient (Wildman–Crippen LogP) is 4.38. The van der Waals surface area contributed by atoms with Gasteiger partial charge in [0.1, 0.15) is 11.5 Å². The smallest absolute Gasteiger partial charge is 0.390 e. The second kappa shape index (κ2) is 7.89. The molecule has 0 amide bonds. The van der Waals surface area contributed by atoms with Crippen LogP contribution < -0.4 is 10.1 Å². The van der Waals surface area contributed by atoms with E-state index in [-0.39, 0.29) is 0 Å². The number of piperazine rings is 1. The number of rotatable bonds is 5. The molecule has 3 nitrogen and oxygen atoms in total. The van der Waals surface area contributed by atoms with Crippen molar-refractivity contribution in [2.24, 2.45) is 0 Å². The minimum absolute atomic E-state index is 0.612. The molecular formula is C19H21F3N2O. The van der Waals surface area contributed by atoms with E-state index in [4.69, 9.17) is 4.74 Å². The molecule has 1 aliphatic rings. The minimum Gasteiger partial charge on any atom is -0.457 e. The largest absolute Gasteiger partial charge is 0.457 e. The number of nitrogens with zero attached hydrogens (tertiary/aromatic N) is 1. The molecule has 2 aromatic carbocycles. The Morgan fingerprint density at radius 3 is 2.12 bits per heavy atom. The third kappa shape index (κ3) is 5.21. The van der Waals surface area contributed by atoms with Crippen LogP contribution in [0, 0.1) is 0 Å². The number of nitrogens with one attached hydrogen (secondary N) is 1. The Bertz CT molecular complexity index is 653. The molecule has 1 aliphatic heterocycles. The molecule has 25 heavy (non-hydrogen) atoms. The summed E-state index contributed by atoms with van der Waals surface area (Å²) < 4.78 is 44.9. The van der Waals surface area contributed by atoms with Gasteiger partial charge in [-0.3, -0.25) is 4.90 Å². The summed E-state index contributed by atoms with van der Waals surface area (Å²) in [6.45, 7) is 2.65. The van der Waals surface area contributed by atoms with E-state index < -0.39 is 18.6 Å². The van der Waals surface area contributed by atoms with Gasteiger partial charge in [0.15, 0.2) is 0 Å². The van der Waals surface area contributed by atoms with Crippen LogP contribution in [-0.4, -0.2) is 37.3 Å². The van der Waals surface area contributed by atoms with Crippen molar-refractivity contribution >= 4 is 0 Å². The Morgan fingerprint density at radius 1 is 0.920 bits per heavy atom. The lowest BCUT2D eigenvalue weighted by Gasteiger charge is -2.35. The summed E-state index contributed by atoms with van der Waals surface area (Å²) in [5.41, 5.74) is 0.666. The van der Waals surface area contributed by atoms with E-state index >= 15 is 0 Å². The molecule has 2 aromatic rings. The van der Waals surface area contributed by atoms with Gasteiger partial charge in [0.2, 0.25) is 0 Å². The van der Waals surface area contributed by atoms with Crippen molar-refractivity contribution in [3.05, 3.63) is 60.2 Å². The summed E-state index contributed by atoms with van der Waals surface area (Å²) in [6, 6.07) is 15.6. The molecule has 0 radical (unpaired) electrons. The lowest BCUT2D eigenvalue weighted by molar-refractivity contribution is -0.148. The molecule has 0 unspecified atom stereocenters. The fourth-order valence-corrected chi connectivity index (χ4v) is 3.05. The van der Waals surface area contributed by atoms with Crippen molar-refractivity contribution < 1.29 is 17.9 Å². The van der Waals surface area contributed by atoms with Gasteiger partial charge in [-0.15, -0.1) is 0 Å². The number of benzene rings is 2. The van der Waals surface area contributed by atoms with Gasteiger partial charge in [0, 0.05) is 32.2 Å². The topological polar surface area (TPSA) is 24.5 Å². The van der Waals surface area contributed by atoms with Gasteiger partial charge < -0.3 is 10.1 Å². The van der Waals surface area contributed by atoms with Crippen LogP contribution in [0.4, 0.5) is 13.2 Å². The number of para-hydroxylation sites is 1. The lowest BCUT2D eigenvalue weighted by Crippen LogP contribution is -2.46. The SMILES string of the molecule is FC(F)(F)C[C@@H](c1ccc(Oc2ccccc2)cc1)N1CCNCC1. The van der Waals surface area contributed by atoms with Crippen LogP contribution in [-0.2, 0) is 0 Å². The maximum Gasteiger partial charge on any atom is 0.390 e. The maximum absolute atomic E-state index is 13.0. The van der Waals surface area contributed by atoms with Crippen molar-refractivity contribution in [1.29, 1.82) is 0 Å². The van der Waals surface area contributed by atoms with E-state index in [1.165, 1.54) is 0 Å². The second-order valence-corrected chi connectivity index (χ2v) is 6.11. The normalized spacial score (nSPS) is 17.2. The summed E-state index contributed by atoms with van der Waals surface area (Å²) in [7, 11) is 0. The molecule has 3 rings (SSSR count). The van der Waals surface area contributed by atoms with Gasteiger partial charge in [0.05, 0.1) is 6.42 Å². The van der Waals surface area contributed by atoms with E-state index in [0.717, 1.165) is 0 Å². The molecule has 134 valence electrons. The Balaban J connectivity index is 1.76. The first-order valence-electron chi connectivity index (χ1n) is 8.36. The van der Waals surface area contributed by atoms with E-state index in [9.17, 15) is 13.2 Å². The van der Waals surface area contributed by atoms with Gasteiger partial charge in [-0.1, -0.05) is 30.3 Å². The first kappa shape index (κ1) is 17.8. The average molecular weight is 350 g/mol. The Hall–Kier alpha value is -2.05. The Kier molecular flexibility index (Phi) is 5.60. The Labute approximate surface area is 145 Å². The van der Waals surface area contributed by atoms with Gasteiger partial charge in [0.25, 0.3) is 0 Å². The van der Waals surface area contributed by atoms with E-state index in [0.29, 0.717) is 43.2 Å². The predicted molar refractivity (Wildman–Crippen MR) is 90.8 cm³/mol. The molecule has 0 aromatic heterocycles. The zero-order valence-electron chi connectivity index (χ0n) is 13.8. The fraction of sp³-hybridized carbons (Fsp3) is 0.368. The molecule has 0 spiro atoms. The number of halogens is 3. The number of hydrogen-bond donors (Lipinski definition) is 1. The van der Waals surface area contributed by atoms with Gasteiger partial charge in [-0.05, 0) is 29.8 Å². The molecular weight excluding hydrogens is 329 g/mol. The van der Waals surface area contributed by atoms with Gasteiger partial charge in [-0.25, -0.2) is 0 Å². The number of alkyl halides is 3. The Morgan fingerprint density at radius 2 is 1.52 bits per heavy atom. The van der Waals surface area contributed by atoms with Crippen LogP contribution in [0.5, 0.6) is 11.5 Å². The average Bonchev–Trinajstić information content (AvgIpc) is 2.61. The van der Waals surface area contributed by atoms with E-state index in [1.54, 1.807) is 24.3 Å². The zero-order valence-corrected chi connectivity index (χ0v) is 13.8. The highest BCUT2D eigenvalue weighted by molar-refractivity contribution is 5.34. The van der Waals surface area contributed by atoms with Crippen molar-refractivity contribution in [3.63, 3.8) is 0 Å². The van der Waals surface area contributed by atoms with Crippen LogP contribution in [0.3, 0.4) is 0 Å². The third-order valence-corrected chi connectivity index (χ3v) is 4.26. The molecule has 0 bridgehead atoms. The molecule has 6 heteroatoms. The minimum atomic E-state index is -4.20. The van der Waals surface area contributed by atoms with Gasteiger partial charge in [-0.2, -0.15) is 13.2 Å². The lowest BCUT2D eigenvalue weighted by atomic mass is 10.0. The van der Waals surface area contributed by atoms with Crippen LogP contribution in [0.1, 0.15) is 18.0 Å². The molecule has 1 fully saturated rings. The quantitative estimate of drug-likeness (QED) is 0.866. The highest BCUT2D eigenvalue weighted by Gasteiger charge is 2.35. The van der Waals surface area contributed by atoms with Crippen LogP contribution >= 0.6 is 0 Å². The molecule has 1 atom stereocenters. The summed E-state index contributed by atoms with van der Waals surface area (Å²) in [5.74, 6) is 1.31. The highest BCUT2D eigenvalue weighted by Crippen LogP contribution is 2.35. The summed E-state index contributed by atoms with van der Waals surface area (Å²) >= 11 is 0. The molecule has 1 N–H and O–H groups in total. The van der Waals surface area contributed by atoms with Crippen LogP contribution in [0.25, 0.3) is 0 Å². The monoisotopic (exact) mass is 350 g/mol. The summed E-state index contributed by atoms with van der Waals surface area (Å²) in [6.07, 6.45) is -5.04. The standard InChI is InChI=1S/C19H21F3N2O/c20-19(21,22)14-18(24-12-10-23-11-13-24)15-6-8-17(9-7-15)25-16-4-2-1-3-5-16/h1-9,18,23H,10-14H2/t18-/m0/s1. The molecule has 0 aliphatic carbocycles. The zero-order chi connectivity index (χ0) is 17.7. The highest BCUT2D eigenvalue weighted by atomic mass is 19.4. The molecule has 1 heterocycles. The number of hydrogen-bond acceptors (Lipinski definition) is 3. The second-order valence-electron chi connectivity index (χ2n) is 6.11. The van der Waals surface area contributed by atoms with E-state index in [1.807, 2.05) is 35.2 Å². The first-order chi connectivity index (χ1) is 12.0. The van der Waals surface area contributed by atoms with E-state index in [2.05, 4.69) is 5.32 Å². The molecule has 0 saturated carbocycles. The van der Waals surface area contributed by atoms with Crippen LogP contribution in [0.2, 0.25) is 0 Å².